The zero-order chi connectivity index (χ0) is 21.8. The Morgan fingerprint density at radius 2 is 1.67 bits per heavy atom. The van der Waals surface area contributed by atoms with Crippen LogP contribution in [0, 0.1) is 0 Å². The van der Waals surface area contributed by atoms with E-state index in [4.69, 9.17) is 14.2 Å². The van der Waals surface area contributed by atoms with E-state index in [1.165, 1.54) is 0 Å². The Kier molecular flexibility index (Phi) is 7.30. The molecule has 2 aromatic carbocycles. The summed E-state index contributed by atoms with van der Waals surface area (Å²) < 4.78 is 16.4. The molecule has 8 nitrogen and oxygen atoms in total. The van der Waals surface area contributed by atoms with Gasteiger partial charge in [-0.2, -0.15) is 0 Å². The SMILES string of the molecule is CCOc1ccc(Cc2cc([C@@H]3OC(C(O)O)[C@@H](O)[C@H](O)[C@H]3O)ccc2OC)cc1. The van der Waals surface area contributed by atoms with Crippen molar-refractivity contribution in [3.8, 4) is 11.5 Å². The second-order valence-corrected chi connectivity index (χ2v) is 7.23. The summed E-state index contributed by atoms with van der Waals surface area (Å²) >= 11 is 0. The fourth-order valence-corrected chi connectivity index (χ4v) is 3.63. The average Bonchev–Trinajstić information content (AvgIpc) is 2.73. The van der Waals surface area contributed by atoms with E-state index in [-0.39, 0.29) is 0 Å². The molecule has 8 heteroatoms. The summed E-state index contributed by atoms with van der Waals surface area (Å²) in [5.41, 5.74) is 2.34. The van der Waals surface area contributed by atoms with Crippen molar-refractivity contribution < 1.29 is 39.7 Å². The Hall–Kier alpha value is -2.20. The van der Waals surface area contributed by atoms with Gasteiger partial charge < -0.3 is 39.7 Å². The van der Waals surface area contributed by atoms with E-state index in [1.54, 1.807) is 25.3 Å². The van der Waals surface area contributed by atoms with Gasteiger partial charge in [0.25, 0.3) is 0 Å². The maximum absolute atomic E-state index is 10.4. The van der Waals surface area contributed by atoms with Gasteiger partial charge in [0.1, 0.15) is 42.0 Å². The van der Waals surface area contributed by atoms with E-state index in [0.29, 0.717) is 24.3 Å². The highest BCUT2D eigenvalue weighted by atomic mass is 16.6. The molecule has 0 aromatic heterocycles. The van der Waals surface area contributed by atoms with Crippen molar-refractivity contribution in [2.75, 3.05) is 13.7 Å². The maximum atomic E-state index is 10.4. The van der Waals surface area contributed by atoms with Crippen LogP contribution < -0.4 is 9.47 Å². The average molecular weight is 420 g/mol. The largest absolute Gasteiger partial charge is 0.496 e. The minimum Gasteiger partial charge on any atom is -0.496 e. The highest BCUT2D eigenvalue weighted by Gasteiger charge is 2.46. The third-order valence-corrected chi connectivity index (χ3v) is 5.21. The molecule has 0 spiro atoms. The van der Waals surface area contributed by atoms with Gasteiger partial charge in [-0.25, -0.2) is 0 Å². The van der Waals surface area contributed by atoms with Crippen molar-refractivity contribution in [2.45, 2.75) is 50.2 Å². The van der Waals surface area contributed by atoms with Crippen LogP contribution in [0.1, 0.15) is 29.7 Å². The monoisotopic (exact) mass is 420 g/mol. The summed E-state index contributed by atoms with van der Waals surface area (Å²) in [5.74, 6) is 1.42. The molecule has 164 valence electrons. The fraction of sp³-hybridized carbons (Fsp3) is 0.455. The van der Waals surface area contributed by atoms with Gasteiger partial charge in [0, 0.05) is 6.42 Å². The second-order valence-electron chi connectivity index (χ2n) is 7.23. The third-order valence-electron chi connectivity index (χ3n) is 5.21. The molecule has 1 aliphatic heterocycles. The summed E-state index contributed by atoms with van der Waals surface area (Å²) in [4.78, 5) is 0. The number of hydrogen-bond donors (Lipinski definition) is 5. The van der Waals surface area contributed by atoms with E-state index in [0.717, 1.165) is 16.9 Å². The van der Waals surface area contributed by atoms with E-state index in [9.17, 15) is 25.5 Å². The van der Waals surface area contributed by atoms with Crippen molar-refractivity contribution in [3.63, 3.8) is 0 Å². The van der Waals surface area contributed by atoms with Gasteiger partial charge in [-0.05, 0) is 47.9 Å². The number of rotatable bonds is 7. The number of aliphatic hydroxyl groups is 5. The van der Waals surface area contributed by atoms with Crippen LogP contribution in [0.2, 0.25) is 0 Å². The molecular formula is C22H28O8. The number of methoxy groups -OCH3 is 1. The number of aliphatic hydroxyl groups excluding tert-OH is 4. The van der Waals surface area contributed by atoms with Crippen LogP contribution in [-0.4, -0.2) is 70.0 Å². The fourth-order valence-electron chi connectivity index (χ4n) is 3.63. The van der Waals surface area contributed by atoms with Gasteiger partial charge in [0.05, 0.1) is 13.7 Å². The molecule has 5 N–H and O–H groups in total. The molecule has 0 radical (unpaired) electrons. The predicted octanol–water partition coefficient (Wildman–Crippen LogP) is 0.518. The molecule has 1 aliphatic rings. The molecule has 5 atom stereocenters. The first-order chi connectivity index (χ1) is 14.3. The van der Waals surface area contributed by atoms with E-state index in [2.05, 4.69) is 0 Å². The van der Waals surface area contributed by atoms with Gasteiger partial charge in [0.15, 0.2) is 6.29 Å². The standard InChI is InChI=1S/C22H28O8/c1-3-29-15-7-4-12(5-8-15)10-14-11-13(6-9-16(14)28-2)20-18(24)17(23)19(25)21(30-20)22(26)27/h4-9,11,17-27H,3,10H2,1-2H3/t17-,18-,19+,20+,21?/m1/s1. The summed E-state index contributed by atoms with van der Waals surface area (Å²) in [6.07, 6.45) is -8.65. The molecule has 1 fully saturated rings. The summed E-state index contributed by atoms with van der Waals surface area (Å²) in [5, 5.41) is 49.4. The van der Waals surface area contributed by atoms with E-state index >= 15 is 0 Å². The van der Waals surface area contributed by atoms with Crippen LogP contribution in [0.5, 0.6) is 11.5 Å². The molecule has 3 rings (SSSR count). The minimum atomic E-state index is -2.01. The van der Waals surface area contributed by atoms with Gasteiger partial charge in [-0.1, -0.05) is 18.2 Å². The molecule has 0 bridgehead atoms. The molecule has 30 heavy (non-hydrogen) atoms. The van der Waals surface area contributed by atoms with E-state index < -0.39 is 36.8 Å². The van der Waals surface area contributed by atoms with Crippen LogP contribution in [0.4, 0.5) is 0 Å². The first kappa shape index (κ1) is 22.5. The molecule has 0 saturated carbocycles. The van der Waals surface area contributed by atoms with Crippen molar-refractivity contribution in [3.05, 3.63) is 59.2 Å². The van der Waals surface area contributed by atoms with Gasteiger partial charge in [-0.15, -0.1) is 0 Å². The lowest BCUT2D eigenvalue weighted by Crippen LogP contribution is -2.57. The first-order valence-electron chi connectivity index (χ1n) is 9.80. The quantitative estimate of drug-likeness (QED) is 0.410. The van der Waals surface area contributed by atoms with Crippen LogP contribution >= 0.6 is 0 Å². The Labute approximate surface area is 174 Å². The van der Waals surface area contributed by atoms with E-state index in [1.807, 2.05) is 31.2 Å². The third kappa shape index (κ3) is 4.75. The zero-order valence-corrected chi connectivity index (χ0v) is 16.9. The van der Waals surface area contributed by atoms with Gasteiger partial charge >= 0.3 is 0 Å². The maximum Gasteiger partial charge on any atom is 0.181 e. The van der Waals surface area contributed by atoms with Crippen LogP contribution in [-0.2, 0) is 11.2 Å². The van der Waals surface area contributed by atoms with Crippen molar-refractivity contribution in [1.82, 2.24) is 0 Å². The summed E-state index contributed by atoms with van der Waals surface area (Å²) in [6, 6.07) is 12.8. The Morgan fingerprint density at radius 1 is 0.967 bits per heavy atom. The van der Waals surface area contributed by atoms with Crippen LogP contribution in [0.25, 0.3) is 0 Å². The van der Waals surface area contributed by atoms with Crippen molar-refractivity contribution in [2.24, 2.45) is 0 Å². The number of ether oxygens (including phenoxy) is 3. The summed E-state index contributed by atoms with van der Waals surface area (Å²) in [6.45, 7) is 2.51. The molecular weight excluding hydrogens is 392 g/mol. The first-order valence-corrected chi connectivity index (χ1v) is 9.80. The van der Waals surface area contributed by atoms with Gasteiger partial charge in [-0.3, -0.25) is 0 Å². The smallest absolute Gasteiger partial charge is 0.181 e. The number of benzene rings is 2. The topological polar surface area (TPSA) is 129 Å². The van der Waals surface area contributed by atoms with Crippen molar-refractivity contribution in [1.29, 1.82) is 0 Å². The minimum absolute atomic E-state index is 0.515. The van der Waals surface area contributed by atoms with Crippen LogP contribution in [0.3, 0.4) is 0 Å². The Bertz CT molecular complexity index is 822. The number of hydrogen-bond acceptors (Lipinski definition) is 8. The Balaban J connectivity index is 1.87. The Morgan fingerprint density at radius 3 is 2.27 bits per heavy atom. The molecule has 0 aliphatic carbocycles. The lowest BCUT2D eigenvalue weighted by molar-refractivity contribution is -0.275. The molecule has 0 amide bonds. The summed E-state index contributed by atoms with van der Waals surface area (Å²) in [7, 11) is 1.56. The second kappa shape index (κ2) is 9.74. The molecule has 1 heterocycles. The normalized spacial score (nSPS) is 26.6. The van der Waals surface area contributed by atoms with Gasteiger partial charge in [0.2, 0.25) is 0 Å². The molecule has 1 unspecified atom stereocenters. The highest BCUT2D eigenvalue weighted by molar-refractivity contribution is 5.42. The van der Waals surface area contributed by atoms with Crippen molar-refractivity contribution >= 4 is 0 Å². The lowest BCUT2D eigenvalue weighted by atomic mass is 9.89. The lowest BCUT2D eigenvalue weighted by Gasteiger charge is -2.41. The molecule has 2 aromatic rings. The zero-order valence-electron chi connectivity index (χ0n) is 16.9. The van der Waals surface area contributed by atoms with Crippen LogP contribution in [0.15, 0.2) is 42.5 Å². The highest BCUT2D eigenvalue weighted by Crippen LogP contribution is 2.35. The predicted molar refractivity (Wildman–Crippen MR) is 107 cm³/mol. The molecule has 1 saturated heterocycles.